The third-order valence-corrected chi connectivity index (χ3v) is 2.56. The van der Waals surface area contributed by atoms with Crippen molar-refractivity contribution in [1.29, 1.82) is 0 Å². The van der Waals surface area contributed by atoms with Crippen molar-refractivity contribution in [3.63, 3.8) is 0 Å². The van der Waals surface area contributed by atoms with Crippen molar-refractivity contribution in [2.75, 3.05) is 7.11 Å². The normalized spacial score (nSPS) is 15.1. The first-order chi connectivity index (χ1) is 6.69. The second-order valence-corrected chi connectivity index (χ2v) is 3.72. The van der Waals surface area contributed by atoms with E-state index in [9.17, 15) is 0 Å². The molecule has 0 amide bonds. The molecule has 2 N–H and O–H groups in total. The summed E-state index contributed by atoms with van der Waals surface area (Å²) in [7, 11) is 1.68. The van der Waals surface area contributed by atoms with Crippen LogP contribution in [0.25, 0.3) is 0 Å². The largest absolute Gasteiger partial charge is 0.375 e. The molecule has 0 heterocycles. The Hall–Kier alpha value is -0.570. The van der Waals surface area contributed by atoms with Gasteiger partial charge in [-0.3, -0.25) is 0 Å². The Kier molecular flexibility index (Phi) is 4.39. The van der Waals surface area contributed by atoms with Gasteiger partial charge in [-0.1, -0.05) is 30.7 Å². The van der Waals surface area contributed by atoms with E-state index in [1.807, 2.05) is 31.2 Å². The quantitative estimate of drug-likeness (QED) is 0.835. The van der Waals surface area contributed by atoms with Crippen molar-refractivity contribution in [3.8, 4) is 0 Å². The van der Waals surface area contributed by atoms with Gasteiger partial charge in [0, 0.05) is 18.2 Å². The second kappa shape index (κ2) is 5.35. The number of halogens is 1. The Morgan fingerprint density at radius 1 is 1.36 bits per heavy atom. The summed E-state index contributed by atoms with van der Waals surface area (Å²) in [6.07, 6.45) is 0.846. The van der Waals surface area contributed by atoms with E-state index < -0.39 is 0 Å². The molecule has 0 aliphatic rings. The van der Waals surface area contributed by atoms with E-state index in [-0.39, 0.29) is 12.1 Å². The van der Waals surface area contributed by atoms with E-state index in [0.29, 0.717) is 0 Å². The highest BCUT2D eigenvalue weighted by Crippen LogP contribution is 2.22. The van der Waals surface area contributed by atoms with Gasteiger partial charge in [-0.15, -0.1) is 0 Å². The lowest BCUT2D eigenvalue weighted by molar-refractivity contribution is 0.0791. The molecule has 1 rings (SSSR count). The van der Waals surface area contributed by atoms with Crippen molar-refractivity contribution in [3.05, 3.63) is 34.9 Å². The highest BCUT2D eigenvalue weighted by molar-refractivity contribution is 6.30. The minimum absolute atomic E-state index is 0.0289. The van der Waals surface area contributed by atoms with Crippen LogP contribution in [0, 0.1) is 0 Å². The number of nitrogens with two attached hydrogens (primary N) is 1. The summed E-state index contributed by atoms with van der Waals surface area (Å²) in [5.41, 5.74) is 7.02. The van der Waals surface area contributed by atoms with Gasteiger partial charge in [-0.05, 0) is 24.1 Å². The summed E-state index contributed by atoms with van der Waals surface area (Å²) in [4.78, 5) is 0. The van der Waals surface area contributed by atoms with Gasteiger partial charge >= 0.3 is 0 Å². The molecule has 1 aromatic rings. The van der Waals surface area contributed by atoms with Crippen LogP contribution < -0.4 is 5.73 Å². The third kappa shape index (κ3) is 2.71. The fourth-order valence-corrected chi connectivity index (χ4v) is 1.55. The van der Waals surface area contributed by atoms with Gasteiger partial charge in [0.1, 0.15) is 0 Å². The van der Waals surface area contributed by atoms with Gasteiger partial charge in [0.05, 0.1) is 6.10 Å². The lowest BCUT2D eigenvalue weighted by Crippen LogP contribution is -2.28. The summed E-state index contributed by atoms with van der Waals surface area (Å²) in [5, 5.41) is 0.730. The maximum atomic E-state index is 5.94. The molecule has 0 spiro atoms. The smallest absolute Gasteiger partial charge is 0.0971 e. The molecule has 2 atom stereocenters. The lowest BCUT2D eigenvalue weighted by Gasteiger charge is -2.21. The molecular formula is C11H16ClNO. The summed E-state index contributed by atoms with van der Waals surface area (Å²) < 4.78 is 5.36. The monoisotopic (exact) mass is 213 g/mol. The van der Waals surface area contributed by atoms with Gasteiger partial charge in [0.2, 0.25) is 0 Å². The first-order valence-electron chi connectivity index (χ1n) is 4.72. The molecule has 2 unspecified atom stereocenters. The van der Waals surface area contributed by atoms with E-state index >= 15 is 0 Å². The van der Waals surface area contributed by atoms with Crippen LogP contribution >= 0.6 is 11.6 Å². The standard InChI is InChI=1S/C11H16ClNO/c1-3-10(13)11(14-2)8-4-6-9(12)7-5-8/h4-7,10-11H,3,13H2,1-2H3. The number of hydrogen-bond acceptors (Lipinski definition) is 2. The molecular weight excluding hydrogens is 198 g/mol. The van der Waals surface area contributed by atoms with Crippen LogP contribution in [0.1, 0.15) is 25.0 Å². The van der Waals surface area contributed by atoms with Crippen LogP contribution in [-0.2, 0) is 4.74 Å². The van der Waals surface area contributed by atoms with Gasteiger partial charge < -0.3 is 10.5 Å². The van der Waals surface area contributed by atoms with Crippen LogP contribution in [0.4, 0.5) is 0 Å². The highest BCUT2D eigenvalue weighted by Gasteiger charge is 2.17. The molecule has 0 saturated carbocycles. The van der Waals surface area contributed by atoms with Gasteiger partial charge in [-0.25, -0.2) is 0 Å². The first kappa shape index (κ1) is 11.5. The van der Waals surface area contributed by atoms with Crippen molar-refractivity contribution in [2.24, 2.45) is 5.73 Å². The maximum Gasteiger partial charge on any atom is 0.0971 e. The predicted octanol–water partition coefficient (Wildman–Crippen LogP) is 2.76. The fraction of sp³-hybridized carbons (Fsp3) is 0.455. The van der Waals surface area contributed by atoms with Crippen molar-refractivity contribution in [2.45, 2.75) is 25.5 Å². The lowest BCUT2D eigenvalue weighted by atomic mass is 10.0. The average molecular weight is 214 g/mol. The number of methoxy groups -OCH3 is 1. The fourth-order valence-electron chi connectivity index (χ4n) is 1.42. The number of benzene rings is 1. The Balaban J connectivity index is 2.84. The SMILES string of the molecule is CCC(N)C(OC)c1ccc(Cl)cc1. The maximum absolute atomic E-state index is 5.94. The van der Waals surface area contributed by atoms with Crippen LogP contribution in [0.15, 0.2) is 24.3 Å². The van der Waals surface area contributed by atoms with Crippen LogP contribution in [-0.4, -0.2) is 13.2 Å². The van der Waals surface area contributed by atoms with Crippen LogP contribution in [0.2, 0.25) is 5.02 Å². The number of rotatable bonds is 4. The first-order valence-corrected chi connectivity index (χ1v) is 5.10. The molecule has 0 aliphatic carbocycles. The Morgan fingerprint density at radius 2 is 1.93 bits per heavy atom. The Morgan fingerprint density at radius 3 is 2.36 bits per heavy atom. The van der Waals surface area contributed by atoms with Crippen molar-refractivity contribution in [1.82, 2.24) is 0 Å². The molecule has 3 heteroatoms. The zero-order chi connectivity index (χ0) is 10.6. The Bertz CT molecular complexity index is 273. The molecule has 2 nitrogen and oxygen atoms in total. The molecule has 0 aromatic heterocycles. The molecule has 0 saturated heterocycles. The van der Waals surface area contributed by atoms with Gasteiger partial charge in [0.25, 0.3) is 0 Å². The third-order valence-electron chi connectivity index (χ3n) is 2.31. The zero-order valence-corrected chi connectivity index (χ0v) is 9.29. The number of ether oxygens (including phenoxy) is 1. The highest BCUT2D eigenvalue weighted by atomic mass is 35.5. The van der Waals surface area contributed by atoms with Gasteiger partial charge in [-0.2, -0.15) is 0 Å². The number of hydrogen-bond donors (Lipinski definition) is 1. The van der Waals surface area contributed by atoms with Crippen molar-refractivity contribution < 1.29 is 4.74 Å². The second-order valence-electron chi connectivity index (χ2n) is 3.28. The average Bonchev–Trinajstić information content (AvgIpc) is 2.21. The summed E-state index contributed by atoms with van der Waals surface area (Å²) in [6.45, 7) is 2.05. The van der Waals surface area contributed by atoms with Crippen LogP contribution in [0.5, 0.6) is 0 Å². The Labute approximate surface area is 90.0 Å². The van der Waals surface area contributed by atoms with E-state index in [0.717, 1.165) is 17.0 Å². The molecule has 0 radical (unpaired) electrons. The topological polar surface area (TPSA) is 35.2 Å². The molecule has 78 valence electrons. The molecule has 0 fully saturated rings. The summed E-state index contributed by atoms with van der Waals surface area (Å²) in [6, 6.07) is 7.63. The van der Waals surface area contributed by atoms with E-state index in [4.69, 9.17) is 22.1 Å². The van der Waals surface area contributed by atoms with E-state index in [2.05, 4.69) is 0 Å². The zero-order valence-electron chi connectivity index (χ0n) is 8.53. The van der Waals surface area contributed by atoms with Gasteiger partial charge in [0.15, 0.2) is 0 Å². The minimum atomic E-state index is -0.0442. The summed E-state index contributed by atoms with van der Waals surface area (Å²) >= 11 is 5.80. The molecule has 14 heavy (non-hydrogen) atoms. The molecule has 1 aromatic carbocycles. The minimum Gasteiger partial charge on any atom is -0.375 e. The summed E-state index contributed by atoms with van der Waals surface area (Å²) in [5.74, 6) is 0. The molecule has 0 aliphatic heterocycles. The van der Waals surface area contributed by atoms with Crippen LogP contribution in [0.3, 0.4) is 0 Å². The van der Waals surface area contributed by atoms with E-state index in [1.54, 1.807) is 7.11 Å². The van der Waals surface area contributed by atoms with E-state index in [1.165, 1.54) is 0 Å². The molecule has 0 bridgehead atoms. The van der Waals surface area contributed by atoms with Crippen molar-refractivity contribution >= 4 is 11.6 Å². The predicted molar refractivity (Wildman–Crippen MR) is 59.5 cm³/mol.